The first-order valence-electron chi connectivity index (χ1n) is 6.53. The molecule has 1 aliphatic heterocycles. The van der Waals surface area contributed by atoms with Gasteiger partial charge in [0.1, 0.15) is 11.5 Å². The fourth-order valence-electron chi connectivity index (χ4n) is 2.71. The predicted molar refractivity (Wildman–Crippen MR) is 67.9 cm³/mol. The van der Waals surface area contributed by atoms with E-state index in [0.717, 1.165) is 55.0 Å². The third-order valence-electron chi connectivity index (χ3n) is 3.70. The molecule has 1 aliphatic carbocycles. The molecule has 0 aromatic heterocycles. The van der Waals surface area contributed by atoms with Gasteiger partial charge < -0.3 is 0 Å². The topological polar surface area (TPSA) is 32.7 Å². The molecule has 0 unspecified atom stereocenters. The largest absolute Gasteiger partial charge is 0.272 e. The van der Waals surface area contributed by atoms with Crippen LogP contribution in [0.3, 0.4) is 0 Å². The van der Waals surface area contributed by atoms with Crippen molar-refractivity contribution in [1.29, 1.82) is 0 Å². The van der Waals surface area contributed by atoms with Crippen molar-refractivity contribution in [2.75, 3.05) is 5.01 Å². The molecule has 1 saturated carbocycles. The number of carbonyl (C=O) groups excluding carboxylic acids is 1. The number of benzene rings is 1. The average Bonchev–Trinajstić information content (AvgIpc) is 2.57. The van der Waals surface area contributed by atoms with E-state index in [-0.39, 0.29) is 17.5 Å². The van der Waals surface area contributed by atoms with E-state index in [1.807, 2.05) is 0 Å². The average molecular weight is 264 g/mol. The van der Waals surface area contributed by atoms with Crippen molar-refractivity contribution in [3.8, 4) is 0 Å². The summed E-state index contributed by atoms with van der Waals surface area (Å²) < 4.78 is 26.6. The van der Waals surface area contributed by atoms with Crippen molar-refractivity contribution in [3.63, 3.8) is 0 Å². The fraction of sp³-hybridized carbons (Fsp3) is 0.429. The molecule has 1 heterocycles. The normalized spacial score (nSPS) is 23.1. The summed E-state index contributed by atoms with van der Waals surface area (Å²) in [5.74, 6) is -1.82. The summed E-state index contributed by atoms with van der Waals surface area (Å²) in [6, 6.07) is 3.18. The summed E-state index contributed by atoms with van der Waals surface area (Å²) in [6.45, 7) is 0. The highest BCUT2D eigenvalue weighted by molar-refractivity contribution is 6.15. The maximum absolute atomic E-state index is 13.7. The fourth-order valence-corrected chi connectivity index (χ4v) is 2.71. The summed E-state index contributed by atoms with van der Waals surface area (Å²) in [7, 11) is 0. The van der Waals surface area contributed by atoms with Crippen molar-refractivity contribution in [2.45, 2.75) is 32.1 Å². The van der Waals surface area contributed by atoms with Crippen LogP contribution >= 0.6 is 0 Å². The molecule has 0 bridgehead atoms. The molecule has 1 amide bonds. The highest BCUT2D eigenvalue weighted by Gasteiger charge is 2.37. The van der Waals surface area contributed by atoms with Crippen LogP contribution in [-0.2, 0) is 4.79 Å². The molecule has 0 spiro atoms. The number of halogens is 2. The van der Waals surface area contributed by atoms with E-state index < -0.39 is 11.6 Å². The summed E-state index contributed by atoms with van der Waals surface area (Å²) in [5.41, 5.74) is 0.873. The van der Waals surface area contributed by atoms with Crippen LogP contribution in [0.2, 0.25) is 0 Å². The quantitative estimate of drug-likeness (QED) is 0.766. The second-order valence-electron chi connectivity index (χ2n) is 4.99. The lowest BCUT2D eigenvalue weighted by Crippen LogP contribution is -2.27. The monoisotopic (exact) mass is 264 g/mol. The van der Waals surface area contributed by atoms with Gasteiger partial charge in [-0.15, -0.1) is 0 Å². The second-order valence-corrected chi connectivity index (χ2v) is 4.99. The number of nitrogens with zero attached hydrogens (tertiary/aromatic N) is 2. The predicted octanol–water partition coefficient (Wildman–Crippen LogP) is 3.25. The van der Waals surface area contributed by atoms with Gasteiger partial charge in [0.2, 0.25) is 0 Å². The van der Waals surface area contributed by atoms with Gasteiger partial charge in [0, 0.05) is 6.07 Å². The van der Waals surface area contributed by atoms with Crippen molar-refractivity contribution >= 4 is 17.3 Å². The number of anilines is 1. The Hall–Kier alpha value is -1.78. The number of rotatable bonds is 1. The first-order valence-corrected chi connectivity index (χ1v) is 6.53. The van der Waals surface area contributed by atoms with Crippen LogP contribution < -0.4 is 5.01 Å². The minimum Gasteiger partial charge on any atom is -0.272 e. The molecule has 1 aromatic carbocycles. The zero-order chi connectivity index (χ0) is 13.4. The Kier molecular flexibility index (Phi) is 3.05. The van der Waals surface area contributed by atoms with Crippen molar-refractivity contribution in [1.82, 2.24) is 0 Å². The zero-order valence-corrected chi connectivity index (χ0v) is 10.4. The van der Waals surface area contributed by atoms with Crippen molar-refractivity contribution < 1.29 is 13.6 Å². The van der Waals surface area contributed by atoms with Crippen LogP contribution in [0.1, 0.15) is 32.1 Å². The molecule has 2 aliphatic rings. The Morgan fingerprint density at radius 3 is 2.84 bits per heavy atom. The van der Waals surface area contributed by atoms with Gasteiger partial charge in [-0.1, -0.05) is 12.8 Å². The van der Waals surface area contributed by atoms with E-state index in [1.54, 1.807) is 0 Å². The smallest absolute Gasteiger partial charge is 0.256 e. The Morgan fingerprint density at radius 2 is 2.05 bits per heavy atom. The van der Waals surface area contributed by atoms with Gasteiger partial charge in [-0.05, 0) is 31.4 Å². The lowest BCUT2D eigenvalue weighted by Gasteiger charge is -2.14. The van der Waals surface area contributed by atoms with Crippen LogP contribution in [0.5, 0.6) is 0 Å². The lowest BCUT2D eigenvalue weighted by atomic mass is 9.98. The SMILES string of the molecule is O=C1[C@H]2CCCCCC2=NN1c1ccc(F)cc1F. The third-order valence-corrected chi connectivity index (χ3v) is 3.70. The minimum absolute atomic E-state index is 0.0342. The van der Waals surface area contributed by atoms with Crippen LogP contribution in [0.25, 0.3) is 0 Å². The van der Waals surface area contributed by atoms with Gasteiger partial charge in [-0.25, -0.2) is 8.78 Å². The third kappa shape index (κ3) is 2.13. The number of hydrogen-bond donors (Lipinski definition) is 0. The standard InChI is InChI=1S/C14H14F2N2O/c15-9-6-7-13(11(16)8-9)18-14(19)10-4-2-1-3-5-12(10)17-18/h6-8,10H,1-5H2/t10-/m0/s1. The van der Waals surface area contributed by atoms with E-state index in [1.165, 1.54) is 6.07 Å². The van der Waals surface area contributed by atoms with E-state index in [9.17, 15) is 13.6 Å². The molecular weight excluding hydrogens is 250 g/mol. The molecule has 100 valence electrons. The molecule has 19 heavy (non-hydrogen) atoms. The number of amides is 1. The number of hydrogen-bond acceptors (Lipinski definition) is 2. The molecule has 1 aromatic rings. The van der Waals surface area contributed by atoms with Gasteiger partial charge in [0.05, 0.1) is 11.6 Å². The Balaban J connectivity index is 1.95. The second kappa shape index (κ2) is 4.72. The van der Waals surface area contributed by atoms with Crippen molar-refractivity contribution in [3.05, 3.63) is 29.8 Å². The van der Waals surface area contributed by atoms with Crippen LogP contribution in [-0.4, -0.2) is 11.6 Å². The lowest BCUT2D eigenvalue weighted by molar-refractivity contribution is -0.119. The van der Waals surface area contributed by atoms with Gasteiger partial charge in [0.25, 0.3) is 5.91 Å². The van der Waals surface area contributed by atoms with E-state index in [2.05, 4.69) is 5.10 Å². The highest BCUT2D eigenvalue weighted by atomic mass is 19.1. The van der Waals surface area contributed by atoms with Gasteiger partial charge in [-0.2, -0.15) is 10.1 Å². The number of carbonyl (C=O) groups is 1. The Morgan fingerprint density at radius 1 is 1.21 bits per heavy atom. The van der Waals surface area contributed by atoms with Crippen LogP contribution in [0, 0.1) is 17.6 Å². The summed E-state index contributed by atoms with van der Waals surface area (Å²) in [6.07, 6.45) is 4.68. The summed E-state index contributed by atoms with van der Waals surface area (Å²) in [4.78, 5) is 12.3. The van der Waals surface area contributed by atoms with E-state index in [4.69, 9.17) is 0 Å². The maximum atomic E-state index is 13.7. The molecule has 1 fully saturated rings. The Labute approximate surface area is 109 Å². The number of hydrazone groups is 1. The molecule has 0 saturated heterocycles. The van der Waals surface area contributed by atoms with Crippen molar-refractivity contribution in [2.24, 2.45) is 11.0 Å². The van der Waals surface area contributed by atoms with Gasteiger partial charge in [-0.3, -0.25) is 4.79 Å². The van der Waals surface area contributed by atoms with Crippen LogP contribution in [0.15, 0.2) is 23.3 Å². The van der Waals surface area contributed by atoms with Crippen LogP contribution in [0.4, 0.5) is 14.5 Å². The minimum atomic E-state index is -0.755. The molecule has 3 rings (SSSR count). The number of fused-ring (bicyclic) bond motifs is 1. The first kappa shape index (κ1) is 12.3. The molecule has 3 nitrogen and oxygen atoms in total. The molecule has 1 atom stereocenters. The summed E-state index contributed by atoms with van der Waals surface area (Å²) >= 11 is 0. The zero-order valence-electron chi connectivity index (χ0n) is 10.4. The van der Waals surface area contributed by atoms with Gasteiger partial charge in [0.15, 0.2) is 5.82 Å². The molecular formula is C14H14F2N2O. The van der Waals surface area contributed by atoms with Gasteiger partial charge >= 0.3 is 0 Å². The molecule has 5 heteroatoms. The Bertz CT molecular complexity index is 556. The summed E-state index contributed by atoms with van der Waals surface area (Å²) in [5, 5.41) is 5.35. The highest BCUT2D eigenvalue weighted by Crippen LogP contribution is 2.32. The molecule has 0 radical (unpaired) electrons. The van der Waals surface area contributed by atoms with E-state index in [0.29, 0.717) is 0 Å². The first-order chi connectivity index (χ1) is 9.16. The maximum Gasteiger partial charge on any atom is 0.256 e. The van der Waals surface area contributed by atoms with E-state index >= 15 is 0 Å². The molecule has 0 N–H and O–H groups in total.